The maximum absolute atomic E-state index is 14.6. The van der Waals surface area contributed by atoms with Gasteiger partial charge in [-0.25, -0.2) is 4.39 Å². The maximum atomic E-state index is 14.6. The standard InChI is InChI=1S/C23H16FN3OS/c24-20-12-17(25-21(28)13-18-6-3-9-29-18)11-19-22(26-27-23(19)20)16-8-7-14-4-1-2-5-15(14)10-16/h1-12H,13H2,(H,25,28)(H,26,27). The molecule has 29 heavy (non-hydrogen) atoms. The summed E-state index contributed by atoms with van der Waals surface area (Å²) in [5.41, 5.74) is 2.28. The van der Waals surface area contributed by atoms with Crippen LogP contribution in [-0.2, 0) is 11.2 Å². The number of nitrogens with zero attached hydrogens (tertiary/aromatic N) is 1. The molecule has 2 aromatic heterocycles. The van der Waals surface area contributed by atoms with Crippen LogP contribution in [0.1, 0.15) is 4.88 Å². The van der Waals surface area contributed by atoms with Crippen molar-refractivity contribution in [1.29, 1.82) is 0 Å². The van der Waals surface area contributed by atoms with Gasteiger partial charge in [-0.05, 0) is 40.4 Å². The number of rotatable bonds is 4. The number of benzene rings is 3. The molecule has 0 aliphatic rings. The molecule has 0 unspecified atom stereocenters. The van der Waals surface area contributed by atoms with E-state index in [0.29, 0.717) is 22.3 Å². The Hall–Kier alpha value is -3.51. The van der Waals surface area contributed by atoms with E-state index in [1.165, 1.54) is 17.4 Å². The Bertz CT molecular complexity index is 1340. The van der Waals surface area contributed by atoms with Gasteiger partial charge in [0, 0.05) is 21.5 Å². The van der Waals surface area contributed by atoms with Crippen molar-refractivity contribution in [1.82, 2.24) is 10.2 Å². The second-order valence-corrected chi connectivity index (χ2v) is 7.85. The highest BCUT2D eigenvalue weighted by Crippen LogP contribution is 2.32. The molecule has 1 amide bonds. The Kier molecular flexibility index (Phi) is 4.33. The SMILES string of the molecule is O=C(Cc1cccs1)Nc1cc(F)c2[nH]nc(-c3ccc4ccccc4c3)c2c1. The van der Waals surface area contributed by atoms with Crippen LogP contribution in [0.3, 0.4) is 0 Å². The van der Waals surface area contributed by atoms with Gasteiger partial charge in [0.15, 0.2) is 5.82 Å². The molecule has 2 N–H and O–H groups in total. The molecule has 0 spiro atoms. The van der Waals surface area contributed by atoms with Gasteiger partial charge in [-0.3, -0.25) is 9.89 Å². The molecule has 142 valence electrons. The van der Waals surface area contributed by atoms with Crippen LogP contribution in [0.25, 0.3) is 32.9 Å². The van der Waals surface area contributed by atoms with Gasteiger partial charge in [0.25, 0.3) is 0 Å². The molecule has 6 heteroatoms. The normalized spacial score (nSPS) is 11.2. The molecule has 0 saturated heterocycles. The quantitative estimate of drug-likeness (QED) is 0.402. The molecule has 0 aliphatic heterocycles. The molecule has 0 saturated carbocycles. The van der Waals surface area contributed by atoms with Crippen LogP contribution >= 0.6 is 11.3 Å². The molecule has 3 aromatic carbocycles. The van der Waals surface area contributed by atoms with Crippen molar-refractivity contribution in [2.75, 3.05) is 5.32 Å². The summed E-state index contributed by atoms with van der Waals surface area (Å²) in [7, 11) is 0. The third-order valence-electron chi connectivity index (χ3n) is 4.85. The first kappa shape index (κ1) is 17.6. The molecule has 0 fully saturated rings. The smallest absolute Gasteiger partial charge is 0.229 e. The molecule has 0 aliphatic carbocycles. The Labute approximate surface area is 170 Å². The topological polar surface area (TPSA) is 57.8 Å². The van der Waals surface area contributed by atoms with E-state index < -0.39 is 5.82 Å². The minimum Gasteiger partial charge on any atom is -0.326 e. The molecule has 4 nitrogen and oxygen atoms in total. The van der Waals surface area contributed by atoms with Crippen molar-refractivity contribution in [2.45, 2.75) is 6.42 Å². The zero-order valence-corrected chi connectivity index (χ0v) is 16.1. The van der Waals surface area contributed by atoms with Crippen molar-refractivity contribution in [3.63, 3.8) is 0 Å². The lowest BCUT2D eigenvalue weighted by atomic mass is 10.0. The third kappa shape index (κ3) is 3.39. The van der Waals surface area contributed by atoms with Crippen molar-refractivity contribution in [2.24, 2.45) is 0 Å². The summed E-state index contributed by atoms with van der Waals surface area (Å²) in [5, 5.41) is 14.7. The summed E-state index contributed by atoms with van der Waals surface area (Å²) in [5.74, 6) is -0.629. The Morgan fingerprint density at radius 2 is 1.90 bits per heavy atom. The zero-order chi connectivity index (χ0) is 19.8. The van der Waals surface area contributed by atoms with Crippen molar-refractivity contribution in [3.05, 3.63) is 82.8 Å². The van der Waals surface area contributed by atoms with Crippen LogP contribution in [0.15, 0.2) is 72.1 Å². The predicted octanol–water partition coefficient (Wildman–Crippen LogP) is 5.76. The van der Waals surface area contributed by atoms with E-state index in [4.69, 9.17) is 0 Å². The molecule has 2 heterocycles. The number of thiophene rings is 1. The summed E-state index contributed by atoms with van der Waals surface area (Å²) < 4.78 is 14.6. The van der Waals surface area contributed by atoms with Crippen LogP contribution in [-0.4, -0.2) is 16.1 Å². The molecule has 5 rings (SSSR count). The van der Waals surface area contributed by atoms with Gasteiger partial charge in [0.2, 0.25) is 5.91 Å². The second-order valence-electron chi connectivity index (χ2n) is 6.82. The number of halogens is 1. The van der Waals surface area contributed by atoms with Crippen LogP contribution in [0.4, 0.5) is 10.1 Å². The summed E-state index contributed by atoms with van der Waals surface area (Å²) in [6, 6.07) is 21.0. The van der Waals surface area contributed by atoms with E-state index in [1.807, 2.05) is 60.0 Å². The summed E-state index contributed by atoms with van der Waals surface area (Å²) >= 11 is 1.52. The summed E-state index contributed by atoms with van der Waals surface area (Å²) in [6.45, 7) is 0. The van der Waals surface area contributed by atoms with E-state index in [1.54, 1.807) is 6.07 Å². The average molecular weight is 401 g/mol. The van der Waals surface area contributed by atoms with Gasteiger partial charge >= 0.3 is 0 Å². The van der Waals surface area contributed by atoms with E-state index in [-0.39, 0.29) is 12.3 Å². The first-order chi connectivity index (χ1) is 14.2. The lowest BCUT2D eigenvalue weighted by Crippen LogP contribution is -2.13. The Morgan fingerprint density at radius 3 is 2.72 bits per heavy atom. The van der Waals surface area contributed by atoms with E-state index in [0.717, 1.165) is 21.2 Å². The molecular formula is C23H16FN3OS. The van der Waals surface area contributed by atoms with Crippen molar-refractivity contribution < 1.29 is 9.18 Å². The van der Waals surface area contributed by atoms with Gasteiger partial charge in [-0.15, -0.1) is 11.3 Å². The molecule has 0 radical (unpaired) electrons. The minimum atomic E-state index is -0.450. The Balaban J connectivity index is 1.52. The molecule has 0 atom stereocenters. The first-order valence-corrected chi connectivity index (χ1v) is 10.0. The van der Waals surface area contributed by atoms with Crippen molar-refractivity contribution >= 4 is 44.6 Å². The van der Waals surface area contributed by atoms with Crippen LogP contribution in [0, 0.1) is 5.82 Å². The number of amides is 1. The first-order valence-electron chi connectivity index (χ1n) is 9.16. The summed E-state index contributed by atoms with van der Waals surface area (Å²) in [6.07, 6.45) is 0.264. The monoisotopic (exact) mass is 401 g/mol. The van der Waals surface area contributed by atoms with E-state index >= 15 is 0 Å². The van der Waals surface area contributed by atoms with Crippen LogP contribution < -0.4 is 5.32 Å². The number of nitrogens with one attached hydrogen (secondary N) is 2. The third-order valence-corrected chi connectivity index (χ3v) is 5.72. The van der Waals surface area contributed by atoms with Gasteiger partial charge in [-0.1, -0.05) is 42.5 Å². The molecular weight excluding hydrogens is 385 g/mol. The molecule has 5 aromatic rings. The van der Waals surface area contributed by atoms with Crippen LogP contribution in [0.2, 0.25) is 0 Å². The average Bonchev–Trinajstić information content (AvgIpc) is 3.37. The number of anilines is 1. The number of carbonyl (C=O) groups excluding carboxylic acids is 1. The van der Waals surface area contributed by atoms with E-state index in [2.05, 4.69) is 15.5 Å². The largest absolute Gasteiger partial charge is 0.326 e. The number of carbonyl (C=O) groups is 1. The summed E-state index contributed by atoms with van der Waals surface area (Å²) in [4.78, 5) is 13.3. The maximum Gasteiger partial charge on any atom is 0.229 e. The minimum absolute atomic E-state index is 0.179. The number of H-pyrrole nitrogens is 1. The number of hydrogen-bond donors (Lipinski definition) is 2. The number of aromatic amines is 1. The van der Waals surface area contributed by atoms with Gasteiger partial charge in [0.1, 0.15) is 11.2 Å². The number of hydrogen-bond acceptors (Lipinski definition) is 3. The molecule has 0 bridgehead atoms. The predicted molar refractivity (Wildman–Crippen MR) is 116 cm³/mol. The van der Waals surface area contributed by atoms with Gasteiger partial charge in [-0.2, -0.15) is 5.10 Å². The van der Waals surface area contributed by atoms with Crippen molar-refractivity contribution in [3.8, 4) is 11.3 Å². The number of fused-ring (bicyclic) bond motifs is 2. The number of aromatic nitrogens is 2. The fraction of sp³-hybridized carbons (Fsp3) is 0.0435. The Morgan fingerprint density at radius 1 is 1.03 bits per heavy atom. The van der Waals surface area contributed by atoms with Gasteiger partial charge < -0.3 is 5.32 Å². The fourth-order valence-electron chi connectivity index (χ4n) is 3.48. The van der Waals surface area contributed by atoms with E-state index in [9.17, 15) is 9.18 Å². The second kappa shape index (κ2) is 7.14. The highest BCUT2D eigenvalue weighted by atomic mass is 32.1. The fourth-order valence-corrected chi connectivity index (χ4v) is 4.19. The highest BCUT2D eigenvalue weighted by Gasteiger charge is 2.15. The van der Waals surface area contributed by atoms with Gasteiger partial charge in [0.05, 0.1) is 6.42 Å². The lowest BCUT2D eigenvalue weighted by molar-refractivity contribution is -0.115. The lowest BCUT2D eigenvalue weighted by Gasteiger charge is -2.06. The highest BCUT2D eigenvalue weighted by molar-refractivity contribution is 7.10. The van der Waals surface area contributed by atoms with Crippen LogP contribution in [0.5, 0.6) is 0 Å². The zero-order valence-electron chi connectivity index (χ0n) is 15.3.